The molecule has 0 aliphatic heterocycles. The molecule has 0 fully saturated rings. The maximum Gasteiger partial charge on any atom is 0.0541 e. The second kappa shape index (κ2) is 23.9. The van der Waals surface area contributed by atoms with Gasteiger partial charge in [0, 0.05) is 76.0 Å². The van der Waals surface area contributed by atoms with Gasteiger partial charge < -0.3 is 18.9 Å². The minimum absolute atomic E-state index is 1.05. The Balaban J connectivity index is 0.705. The summed E-state index contributed by atoms with van der Waals surface area (Å²) in [6.45, 7) is 4.37. The van der Waals surface area contributed by atoms with Crippen molar-refractivity contribution >= 4 is 110 Å². The molecule has 4 nitrogen and oxygen atoms in total. The van der Waals surface area contributed by atoms with E-state index in [-0.39, 0.29) is 0 Å². The monoisotopic (exact) mass is 1310 g/mol. The van der Waals surface area contributed by atoms with Gasteiger partial charge in [-0.3, -0.25) is 0 Å². The van der Waals surface area contributed by atoms with Crippen LogP contribution < -0.4 is 9.80 Å². The fourth-order valence-electron chi connectivity index (χ4n) is 13.5. The largest absolute Gasteiger partial charge is 0.310 e. The molecule has 0 atom stereocenters. The smallest absolute Gasteiger partial charge is 0.0541 e. The van der Waals surface area contributed by atoms with Gasteiger partial charge in [-0.2, -0.15) is 0 Å². The van der Waals surface area contributed by atoms with Crippen molar-refractivity contribution in [2.75, 3.05) is 9.80 Å². The maximum atomic E-state index is 3.75. The highest BCUT2D eigenvalue weighted by molar-refractivity contribution is 9.10. The van der Waals surface area contributed by atoms with Crippen LogP contribution in [0.25, 0.3) is 111 Å². The van der Waals surface area contributed by atoms with Gasteiger partial charge in [0.25, 0.3) is 0 Å². The molecule has 92 heavy (non-hydrogen) atoms. The van der Waals surface area contributed by atoms with E-state index < -0.39 is 0 Å². The molecule has 2 heterocycles. The van der Waals surface area contributed by atoms with Crippen LogP contribution in [0.15, 0.2) is 337 Å². The molecule has 0 bridgehead atoms. The van der Waals surface area contributed by atoms with Gasteiger partial charge in [0.05, 0.1) is 22.1 Å². The van der Waals surface area contributed by atoms with Crippen molar-refractivity contribution in [3.8, 4) is 67.0 Å². The van der Waals surface area contributed by atoms with Gasteiger partial charge in [-0.1, -0.05) is 202 Å². The van der Waals surface area contributed by atoms with E-state index in [1.165, 1.54) is 88.1 Å². The Hall–Kier alpha value is -10.8. The molecule has 16 rings (SSSR count). The van der Waals surface area contributed by atoms with Gasteiger partial charge in [-0.15, -0.1) is 0 Å². The summed E-state index contributed by atoms with van der Waals surface area (Å²) in [4.78, 5) is 4.74. The molecule has 0 spiro atoms. The molecule has 0 unspecified atom stereocenters. The van der Waals surface area contributed by atoms with E-state index in [1.54, 1.807) is 0 Å². The molecular formula is C86H60Br2N4. The lowest BCUT2D eigenvalue weighted by Gasteiger charge is -2.28. The third-order valence-electron chi connectivity index (χ3n) is 18.1. The first kappa shape index (κ1) is 56.5. The second-order valence-corrected chi connectivity index (χ2v) is 25.6. The first-order valence-corrected chi connectivity index (χ1v) is 32.8. The first-order chi connectivity index (χ1) is 45.2. The van der Waals surface area contributed by atoms with Gasteiger partial charge in [-0.25, -0.2) is 0 Å². The highest BCUT2D eigenvalue weighted by Crippen LogP contribution is 2.44. The van der Waals surface area contributed by atoms with Crippen LogP contribution in [-0.2, 0) is 0 Å². The molecule has 0 aliphatic rings. The van der Waals surface area contributed by atoms with E-state index in [1.807, 2.05) is 0 Å². The van der Waals surface area contributed by atoms with Crippen LogP contribution in [0.3, 0.4) is 0 Å². The van der Waals surface area contributed by atoms with Gasteiger partial charge in [-0.05, 0) is 238 Å². The number of nitrogens with zero attached hydrogens (tertiary/aromatic N) is 4. The zero-order valence-corrected chi connectivity index (χ0v) is 53.9. The van der Waals surface area contributed by atoms with E-state index in [0.29, 0.717) is 0 Å². The Bertz CT molecular complexity index is 5050. The van der Waals surface area contributed by atoms with Crippen molar-refractivity contribution in [3.05, 3.63) is 348 Å². The fraction of sp³-hybridized carbons (Fsp3) is 0.0233. The number of para-hydroxylation sites is 2. The number of hydrogen-bond donors (Lipinski definition) is 0. The quantitative estimate of drug-likeness (QED) is 0.114. The van der Waals surface area contributed by atoms with Crippen molar-refractivity contribution in [1.82, 2.24) is 9.13 Å². The molecule has 2 aromatic heterocycles. The van der Waals surface area contributed by atoms with Crippen LogP contribution in [0.1, 0.15) is 11.1 Å². The molecule has 14 aromatic carbocycles. The molecule has 0 N–H and O–H groups in total. The average molecular weight is 1310 g/mol. The first-order valence-electron chi connectivity index (χ1n) is 31.2. The SMILES string of the molecule is Cc1cc(Br)ccc1N(c1ccc(-c2ccc(N(c3ccc(-c4ccc5c(c4)c4cc(-c6ccccc6)ccc4n5-c4ccccc4)cc3)c3ccc(Br)cc3C)cc2)cc1)c1ccc(-c2ccc3c(c2)c2cc(-c4ccccc4)ccc2n3-c2ccccc2)cc1. The summed E-state index contributed by atoms with van der Waals surface area (Å²) in [5.41, 5.74) is 27.6. The van der Waals surface area contributed by atoms with Crippen molar-refractivity contribution < 1.29 is 0 Å². The van der Waals surface area contributed by atoms with Crippen LogP contribution in [0, 0.1) is 13.8 Å². The second-order valence-electron chi connectivity index (χ2n) is 23.7. The number of aromatic nitrogens is 2. The molecule has 0 aliphatic carbocycles. The van der Waals surface area contributed by atoms with Crippen LogP contribution in [0.2, 0.25) is 0 Å². The number of halogens is 2. The molecule has 0 radical (unpaired) electrons. The normalized spacial score (nSPS) is 11.5. The Morgan fingerprint density at radius 1 is 0.228 bits per heavy atom. The van der Waals surface area contributed by atoms with Gasteiger partial charge in [0.2, 0.25) is 0 Å². The lowest BCUT2D eigenvalue weighted by atomic mass is 9.99. The highest BCUT2D eigenvalue weighted by Gasteiger charge is 2.21. The third kappa shape index (κ3) is 10.5. The molecule has 0 saturated heterocycles. The van der Waals surface area contributed by atoms with Crippen LogP contribution in [0.4, 0.5) is 34.1 Å². The van der Waals surface area contributed by atoms with E-state index in [0.717, 1.165) is 76.7 Å². The van der Waals surface area contributed by atoms with Gasteiger partial charge >= 0.3 is 0 Å². The summed E-state index contributed by atoms with van der Waals surface area (Å²) in [5, 5.41) is 4.91. The molecule has 0 saturated carbocycles. The van der Waals surface area contributed by atoms with Crippen LogP contribution in [0.5, 0.6) is 0 Å². The average Bonchev–Trinajstić information content (AvgIpc) is 1.60. The molecule has 6 heteroatoms. The van der Waals surface area contributed by atoms with Gasteiger partial charge in [0.1, 0.15) is 0 Å². The summed E-state index contributed by atoms with van der Waals surface area (Å²) >= 11 is 7.50. The summed E-state index contributed by atoms with van der Waals surface area (Å²) < 4.78 is 6.88. The highest BCUT2D eigenvalue weighted by atomic mass is 79.9. The van der Waals surface area contributed by atoms with E-state index in [2.05, 4.69) is 392 Å². The lowest BCUT2D eigenvalue weighted by Crippen LogP contribution is -2.11. The standard InChI is InChI=1S/C86H60Br2N4/c1-57-51-69(87)35-49-81(57)89(75-41-27-63(28-42-75)67-33-47-85-79(55-67)77-53-65(59-15-7-3-8-16-59)31-45-83(77)91(85)71-19-11-5-12-20-71)73-37-23-61(24-38-73)62-25-39-74(40-26-62)90(82-50-36-70(88)52-58(82)2)76-43-29-64(30-44-76)68-34-48-86-80(56-68)78-54-66(60-17-9-4-10-18-60)32-46-84(78)92(86)72-21-13-6-14-22-72/h3-56H,1-2H3. The van der Waals surface area contributed by atoms with E-state index in [4.69, 9.17) is 0 Å². The van der Waals surface area contributed by atoms with Crippen LogP contribution >= 0.6 is 31.9 Å². The number of benzene rings is 14. The van der Waals surface area contributed by atoms with Crippen molar-refractivity contribution in [1.29, 1.82) is 0 Å². The number of rotatable bonds is 13. The Kier molecular flexibility index (Phi) is 14.7. The predicted octanol–water partition coefficient (Wildman–Crippen LogP) is 25.3. The fourth-order valence-corrected chi connectivity index (χ4v) is 14.5. The van der Waals surface area contributed by atoms with Crippen molar-refractivity contribution in [2.45, 2.75) is 13.8 Å². The minimum Gasteiger partial charge on any atom is -0.310 e. The minimum atomic E-state index is 1.05. The Labute approximate surface area is 553 Å². The summed E-state index contributed by atoms with van der Waals surface area (Å²) in [7, 11) is 0. The zero-order valence-electron chi connectivity index (χ0n) is 50.7. The number of anilines is 6. The topological polar surface area (TPSA) is 16.3 Å². The zero-order chi connectivity index (χ0) is 61.8. The van der Waals surface area contributed by atoms with Gasteiger partial charge in [0.15, 0.2) is 0 Å². The van der Waals surface area contributed by atoms with Crippen molar-refractivity contribution in [3.63, 3.8) is 0 Å². The summed E-state index contributed by atoms with van der Waals surface area (Å²) in [6, 6.07) is 119. The molecular weight excluding hydrogens is 1250 g/mol. The number of aryl methyl sites for hydroxylation is 2. The Morgan fingerprint density at radius 2 is 0.467 bits per heavy atom. The third-order valence-corrected chi connectivity index (χ3v) is 19.1. The lowest BCUT2D eigenvalue weighted by molar-refractivity contribution is 1.18. The van der Waals surface area contributed by atoms with Crippen molar-refractivity contribution in [2.24, 2.45) is 0 Å². The Morgan fingerprint density at radius 3 is 0.739 bits per heavy atom. The maximum absolute atomic E-state index is 3.75. The van der Waals surface area contributed by atoms with E-state index in [9.17, 15) is 0 Å². The number of fused-ring (bicyclic) bond motifs is 6. The summed E-state index contributed by atoms with van der Waals surface area (Å²) in [6.07, 6.45) is 0. The molecule has 0 amide bonds. The number of hydrogen-bond acceptors (Lipinski definition) is 2. The molecule has 16 aromatic rings. The van der Waals surface area contributed by atoms with Crippen LogP contribution in [-0.4, -0.2) is 9.13 Å². The predicted molar refractivity (Wildman–Crippen MR) is 397 cm³/mol. The molecule has 438 valence electrons. The summed E-state index contributed by atoms with van der Waals surface area (Å²) in [5.74, 6) is 0. The van der Waals surface area contributed by atoms with E-state index >= 15 is 0 Å².